The van der Waals surface area contributed by atoms with Crippen LogP contribution in [0.25, 0.3) is 0 Å². The first-order valence-electron chi connectivity index (χ1n) is 5.61. The summed E-state index contributed by atoms with van der Waals surface area (Å²) in [5, 5.41) is 0. The van der Waals surface area contributed by atoms with Gasteiger partial charge in [0.25, 0.3) is 0 Å². The summed E-state index contributed by atoms with van der Waals surface area (Å²) in [4.78, 5) is 0. The van der Waals surface area contributed by atoms with Crippen molar-refractivity contribution in [1.29, 1.82) is 0 Å². The Labute approximate surface area is 111 Å². The lowest BCUT2D eigenvalue weighted by atomic mass is 10.2. The van der Waals surface area contributed by atoms with Gasteiger partial charge in [0.15, 0.2) is 0 Å². The zero-order valence-corrected chi connectivity index (χ0v) is 12.4. The van der Waals surface area contributed by atoms with E-state index in [1.165, 1.54) is 5.56 Å². The highest BCUT2D eigenvalue weighted by Gasteiger charge is 2.33. The first-order chi connectivity index (χ1) is 8.67. The molecule has 0 saturated heterocycles. The lowest BCUT2D eigenvalue weighted by Gasteiger charge is -2.19. The van der Waals surface area contributed by atoms with E-state index in [-0.39, 0.29) is 0 Å². The van der Waals surface area contributed by atoms with Gasteiger partial charge in [0.2, 0.25) is 0 Å². The minimum absolute atomic E-state index is 0.973. The van der Waals surface area contributed by atoms with E-state index in [1.54, 1.807) is 27.0 Å². The maximum atomic E-state index is 4.96. The number of hydrogen-bond acceptors (Lipinski definition) is 3. The van der Waals surface area contributed by atoms with Crippen LogP contribution in [0.4, 0.5) is 0 Å². The molecule has 4 heteroatoms. The SMILES string of the molecule is C=CCc1ccccc1.C=C[Si](OC)(OC)OC. The number of hydrogen-bond donors (Lipinski definition) is 0. The van der Waals surface area contributed by atoms with Gasteiger partial charge in [0, 0.05) is 21.3 Å². The molecule has 1 aromatic carbocycles. The highest BCUT2D eigenvalue weighted by molar-refractivity contribution is 6.66. The Bertz CT molecular complexity index is 326. The lowest BCUT2D eigenvalue weighted by molar-refractivity contribution is 0.138. The Morgan fingerprint density at radius 2 is 1.50 bits per heavy atom. The molecule has 0 spiro atoms. The maximum Gasteiger partial charge on any atom is 0.528 e. The van der Waals surface area contributed by atoms with Crippen LogP contribution in [0.15, 0.2) is 55.3 Å². The summed E-state index contributed by atoms with van der Waals surface area (Å²) >= 11 is 0. The summed E-state index contributed by atoms with van der Waals surface area (Å²) in [6.45, 7) is 7.19. The maximum absolute atomic E-state index is 4.96. The molecule has 1 aromatic rings. The molecule has 100 valence electrons. The molecule has 18 heavy (non-hydrogen) atoms. The van der Waals surface area contributed by atoms with Gasteiger partial charge in [-0.05, 0) is 17.7 Å². The fourth-order valence-corrected chi connectivity index (χ4v) is 2.28. The number of rotatable bonds is 6. The summed E-state index contributed by atoms with van der Waals surface area (Å²) in [6, 6.07) is 10.3. The molecule has 0 saturated carbocycles. The summed E-state index contributed by atoms with van der Waals surface area (Å²) in [5.74, 6) is 0. The molecule has 0 aliphatic rings. The van der Waals surface area contributed by atoms with Gasteiger partial charge in [-0.2, -0.15) is 0 Å². The Morgan fingerprint density at radius 3 is 1.78 bits per heavy atom. The van der Waals surface area contributed by atoms with Crippen molar-refractivity contribution in [3.8, 4) is 0 Å². The van der Waals surface area contributed by atoms with Gasteiger partial charge in [-0.3, -0.25) is 0 Å². The Morgan fingerprint density at radius 1 is 1.00 bits per heavy atom. The highest BCUT2D eigenvalue weighted by Crippen LogP contribution is 2.05. The van der Waals surface area contributed by atoms with Crippen molar-refractivity contribution in [1.82, 2.24) is 0 Å². The molecular formula is C14H22O3Si. The lowest BCUT2D eigenvalue weighted by Crippen LogP contribution is -2.40. The summed E-state index contributed by atoms with van der Waals surface area (Å²) in [5.41, 5.74) is 2.90. The molecule has 0 heterocycles. The van der Waals surface area contributed by atoms with Crippen molar-refractivity contribution in [2.24, 2.45) is 0 Å². The van der Waals surface area contributed by atoms with E-state index in [0.717, 1.165) is 6.42 Å². The van der Waals surface area contributed by atoms with E-state index < -0.39 is 8.80 Å². The van der Waals surface area contributed by atoms with Gasteiger partial charge < -0.3 is 13.3 Å². The van der Waals surface area contributed by atoms with Crippen molar-refractivity contribution in [3.63, 3.8) is 0 Å². The van der Waals surface area contributed by atoms with Crippen LogP contribution in [-0.2, 0) is 19.7 Å². The van der Waals surface area contributed by atoms with Crippen LogP contribution >= 0.6 is 0 Å². The van der Waals surface area contributed by atoms with Crippen LogP contribution in [-0.4, -0.2) is 30.1 Å². The van der Waals surface area contributed by atoms with Crippen LogP contribution in [0.3, 0.4) is 0 Å². The standard InChI is InChI=1S/C9H10.C5H12O3Si/c1-2-6-9-7-4-3-5-8-9;1-5-9(6-2,7-3)8-4/h2-5,7-8H,1,6H2;5H,1H2,2-4H3. The first kappa shape index (κ1) is 16.8. The normalized spacial score (nSPS) is 10.2. The van der Waals surface area contributed by atoms with E-state index >= 15 is 0 Å². The second-order valence-electron chi connectivity index (χ2n) is 3.40. The molecule has 3 nitrogen and oxygen atoms in total. The molecule has 0 aliphatic carbocycles. The minimum atomic E-state index is -2.43. The van der Waals surface area contributed by atoms with E-state index in [9.17, 15) is 0 Å². The molecule has 0 unspecified atom stereocenters. The zero-order valence-electron chi connectivity index (χ0n) is 11.4. The molecule has 0 atom stereocenters. The predicted molar refractivity (Wildman–Crippen MR) is 77.3 cm³/mol. The molecule has 1 rings (SSSR count). The molecule has 0 aromatic heterocycles. The van der Waals surface area contributed by atoms with Crippen LogP contribution in [0.5, 0.6) is 0 Å². The van der Waals surface area contributed by atoms with Crippen molar-refractivity contribution in [2.45, 2.75) is 6.42 Å². The molecular weight excluding hydrogens is 244 g/mol. The predicted octanol–water partition coefficient (Wildman–Crippen LogP) is 3.00. The second kappa shape index (κ2) is 9.79. The number of allylic oxidation sites excluding steroid dienone is 1. The van der Waals surface area contributed by atoms with Gasteiger partial charge in [-0.25, -0.2) is 0 Å². The Kier molecular flexibility index (Phi) is 9.13. The van der Waals surface area contributed by atoms with Gasteiger partial charge in [-0.15, -0.1) is 6.58 Å². The first-order valence-corrected chi connectivity index (χ1v) is 7.42. The number of benzene rings is 1. The van der Waals surface area contributed by atoms with Gasteiger partial charge in [0.1, 0.15) is 0 Å². The second-order valence-corrected chi connectivity index (χ2v) is 6.24. The third-order valence-electron chi connectivity index (χ3n) is 2.33. The van der Waals surface area contributed by atoms with Crippen molar-refractivity contribution < 1.29 is 13.3 Å². The van der Waals surface area contributed by atoms with Crippen molar-refractivity contribution in [2.75, 3.05) is 21.3 Å². The quantitative estimate of drug-likeness (QED) is 0.585. The van der Waals surface area contributed by atoms with Gasteiger partial charge in [0.05, 0.1) is 0 Å². The molecule has 0 radical (unpaired) electrons. The summed E-state index contributed by atoms with van der Waals surface area (Å²) in [7, 11) is 2.20. The van der Waals surface area contributed by atoms with E-state index in [1.807, 2.05) is 24.3 Å². The topological polar surface area (TPSA) is 27.7 Å². The van der Waals surface area contributed by atoms with E-state index in [4.69, 9.17) is 13.3 Å². The van der Waals surface area contributed by atoms with Crippen LogP contribution in [0, 0.1) is 0 Å². The molecule has 0 N–H and O–H groups in total. The molecule has 0 amide bonds. The van der Waals surface area contributed by atoms with E-state index in [2.05, 4.69) is 25.3 Å². The Hall–Kier alpha value is -1.20. The fourth-order valence-electron chi connectivity index (χ4n) is 1.28. The smallest absolute Gasteiger partial charge is 0.374 e. The van der Waals surface area contributed by atoms with Gasteiger partial charge >= 0.3 is 8.80 Å². The summed E-state index contributed by atoms with van der Waals surface area (Å²) in [6.07, 6.45) is 2.89. The largest absolute Gasteiger partial charge is 0.528 e. The molecule has 0 fully saturated rings. The van der Waals surface area contributed by atoms with E-state index in [0.29, 0.717) is 0 Å². The fraction of sp³-hybridized carbons (Fsp3) is 0.286. The van der Waals surface area contributed by atoms with Crippen molar-refractivity contribution in [3.05, 3.63) is 60.8 Å². The van der Waals surface area contributed by atoms with Crippen LogP contribution in [0.2, 0.25) is 0 Å². The average Bonchev–Trinajstić information content (AvgIpc) is 2.44. The van der Waals surface area contributed by atoms with Crippen LogP contribution in [0.1, 0.15) is 5.56 Å². The molecule has 0 aliphatic heterocycles. The minimum Gasteiger partial charge on any atom is -0.374 e. The molecule has 0 bridgehead atoms. The third-order valence-corrected chi connectivity index (χ3v) is 4.53. The van der Waals surface area contributed by atoms with Crippen molar-refractivity contribution >= 4 is 8.80 Å². The zero-order chi connectivity index (χ0) is 13.9. The monoisotopic (exact) mass is 266 g/mol. The average molecular weight is 266 g/mol. The van der Waals surface area contributed by atoms with Crippen LogP contribution < -0.4 is 0 Å². The summed E-state index contributed by atoms with van der Waals surface area (Å²) < 4.78 is 14.9. The third kappa shape index (κ3) is 5.93. The van der Waals surface area contributed by atoms with Gasteiger partial charge in [-0.1, -0.05) is 43.0 Å². The Balaban J connectivity index is 0.000000321. The highest BCUT2D eigenvalue weighted by atomic mass is 28.4.